The molecule has 0 radical (unpaired) electrons. The van der Waals surface area contributed by atoms with Gasteiger partial charge in [0.25, 0.3) is 0 Å². The van der Waals surface area contributed by atoms with Crippen molar-refractivity contribution >= 4 is 67.8 Å². The fraction of sp³-hybridized carbons (Fsp3) is 0. The molecular weight excluding hydrogens is 733 g/mol. The Labute approximate surface area is 338 Å². The van der Waals surface area contributed by atoms with Crippen molar-refractivity contribution in [2.24, 2.45) is 0 Å². The van der Waals surface area contributed by atoms with E-state index in [2.05, 4.69) is 139 Å². The van der Waals surface area contributed by atoms with E-state index in [4.69, 9.17) is 13.3 Å². The predicted octanol–water partition coefficient (Wildman–Crippen LogP) is 13.4. The van der Waals surface area contributed by atoms with Crippen molar-refractivity contribution in [1.82, 2.24) is 19.9 Å². The average Bonchev–Trinajstić information content (AvgIpc) is 4.05. The van der Waals surface area contributed by atoms with E-state index in [9.17, 15) is 0 Å². The maximum atomic E-state index is 6.43. The summed E-state index contributed by atoms with van der Waals surface area (Å²) in [5.74, 6) is 1.78. The lowest BCUT2D eigenvalue weighted by Gasteiger charge is -2.26. The van der Waals surface area contributed by atoms with Crippen LogP contribution in [0.3, 0.4) is 0 Å². The zero-order chi connectivity index (χ0) is 39.1. The summed E-state index contributed by atoms with van der Waals surface area (Å²) in [4.78, 5) is 22.2. The van der Waals surface area contributed by atoms with Gasteiger partial charge < -0.3 is 18.2 Å². The second kappa shape index (κ2) is 14.3. The number of benzene rings is 6. The van der Waals surface area contributed by atoms with Gasteiger partial charge >= 0.3 is 0 Å². The third kappa shape index (κ3) is 6.42. The fourth-order valence-corrected chi connectivity index (χ4v) is 7.40. The molecule has 5 heterocycles. The monoisotopic (exact) mass is 764 g/mol. The van der Waals surface area contributed by atoms with E-state index in [1.165, 1.54) is 0 Å². The molecule has 0 bridgehead atoms. The predicted molar refractivity (Wildman–Crippen MR) is 233 cm³/mol. The molecule has 0 spiro atoms. The van der Waals surface area contributed by atoms with Crippen molar-refractivity contribution < 1.29 is 13.3 Å². The van der Waals surface area contributed by atoms with Crippen LogP contribution < -0.4 is 9.80 Å². The highest BCUT2D eigenvalue weighted by Gasteiger charge is 2.19. The molecule has 0 saturated heterocycles. The Bertz CT molecular complexity index is 3110. The Hall–Kier alpha value is -8.30. The quantitative estimate of drug-likeness (QED) is 0.142. The van der Waals surface area contributed by atoms with Crippen LogP contribution in [0.1, 0.15) is 0 Å². The number of furan rings is 1. The van der Waals surface area contributed by atoms with Crippen LogP contribution in [0.15, 0.2) is 208 Å². The Kier molecular flexibility index (Phi) is 8.25. The number of para-hydroxylation sites is 2. The summed E-state index contributed by atoms with van der Waals surface area (Å²) in [6, 6.07) is 61.5. The molecule has 9 nitrogen and oxygen atoms in total. The molecular formula is C50H32N6O3. The molecule has 0 aliphatic rings. The second-order valence-corrected chi connectivity index (χ2v) is 14.0. The van der Waals surface area contributed by atoms with Gasteiger partial charge in [-0.05, 0) is 126 Å². The molecule has 0 aliphatic heterocycles. The SMILES string of the molecule is c1ccc(N(c2ccc(-c3ccc(N(c4ccc(-c5nc6cccnc6o5)cc4)c4cc5ccccc5o4)cc3)cc2)c2ccc(-c3nc4cccnc4o3)cc2)cc1. The van der Waals surface area contributed by atoms with Gasteiger partial charge in [-0.1, -0.05) is 60.7 Å². The van der Waals surface area contributed by atoms with Gasteiger partial charge in [0, 0.05) is 63.4 Å². The van der Waals surface area contributed by atoms with Crippen molar-refractivity contribution in [3.63, 3.8) is 0 Å². The van der Waals surface area contributed by atoms with E-state index in [1.807, 2.05) is 72.8 Å². The van der Waals surface area contributed by atoms with Gasteiger partial charge in [0.2, 0.25) is 29.1 Å². The minimum absolute atomic E-state index is 0.514. The van der Waals surface area contributed by atoms with Gasteiger partial charge in [-0.3, -0.25) is 4.90 Å². The number of hydrogen-bond acceptors (Lipinski definition) is 9. The summed E-state index contributed by atoms with van der Waals surface area (Å²) < 4.78 is 18.3. The largest absolute Gasteiger partial charge is 0.440 e. The Morgan fingerprint density at radius 3 is 1.29 bits per heavy atom. The maximum absolute atomic E-state index is 6.43. The lowest BCUT2D eigenvalue weighted by atomic mass is 10.0. The van der Waals surface area contributed by atoms with Crippen molar-refractivity contribution in [2.45, 2.75) is 0 Å². The lowest BCUT2D eigenvalue weighted by molar-refractivity contribution is 0.607. The topological polar surface area (TPSA) is 97.5 Å². The molecule has 9 heteroatoms. The third-order valence-electron chi connectivity index (χ3n) is 10.3. The highest BCUT2D eigenvalue weighted by Crippen LogP contribution is 2.41. The number of oxazole rings is 2. The van der Waals surface area contributed by atoms with E-state index in [-0.39, 0.29) is 0 Å². The van der Waals surface area contributed by atoms with E-state index in [1.54, 1.807) is 12.4 Å². The van der Waals surface area contributed by atoms with E-state index in [0.717, 1.165) is 72.7 Å². The number of hydrogen-bond donors (Lipinski definition) is 0. The first-order chi connectivity index (χ1) is 29.2. The van der Waals surface area contributed by atoms with Crippen molar-refractivity contribution in [2.75, 3.05) is 9.80 Å². The van der Waals surface area contributed by atoms with Crippen LogP contribution in [0, 0.1) is 0 Å². The van der Waals surface area contributed by atoms with Crippen LogP contribution in [0.2, 0.25) is 0 Å². The minimum atomic E-state index is 0.514. The highest BCUT2D eigenvalue weighted by molar-refractivity contribution is 5.87. The minimum Gasteiger partial charge on any atom is -0.440 e. The van der Waals surface area contributed by atoms with Crippen molar-refractivity contribution in [3.05, 3.63) is 194 Å². The van der Waals surface area contributed by atoms with Crippen LogP contribution in [0.4, 0.5) is 34.3 Å². The normalized spacial score (nSPS) is 11.4. The molecule has 0 amide bonds. The Morgan fingerprint density at radius 2 is 0.797 bits per heavy atom. The number of aromatic nitrogens is 4. The molecule has 0 saturated carbocycles. The van der Waals surface area contributed by atoms with Gasteiger partial charge in [-0.25, -0.2) is 19.9 Å². The molecule has 11 aromatic rings. The van der Waals surface area contributed by atoms with Crippen LogP contribution >= 0.6 is 0 Å². The summed E-state index contributed by atoms with van der Waals surface area (Å²) in [6.45, 7) is 0. The maximum Gasteiger partial charge on any atom is 0.247 e. The highest BCUT2D eigenvalue weighted by atomic mass is 16.4. The van der Waals surface area contributed by atoms with Crippen LogP contribution in [-0.4, -0.2) is 19.9 Å². The van der Waals surface area contributed by atoms with E-state index < -0.39 is 0 Å². The molecule has 0 aliphatic carbocycles. The first kappa shape index (κ1) is 34.0. The molecule has 0 fully saturated rings. The van der Waals surface area contributed by atoms with E-state index in [0.29, 0.717) is 29.1 Å². The smallest absolute Gasteiger partial charge is 0.247 e. The molecule has 0 unspecified atom stereocenters. The van der Waals surface area contributed by atoms with Gasteiger partial charge in [0.15, 0.2) is 0 Å². The molecule has 11 rings (SSSR count). The molecule has 5 aromatic heterocycles. The van der Waals surface area contributed by atoms with Crippen molar-refractivity contribution in [1.29, 1.82) is 0 Å². The zero-order valence-electron chi connectivity index (χ0n) is 31.4. The number of anilines is 6. The lowest BCUT2D eigenvalue weighted by Crippen LogP contribution is -2.09. The molecule has 0 N–H and O–H groups in total. The molecule has 59 heavy (non-hydrogen) atoms. The first-order valence-corrected chi connectivity index (χ1v) is 19.2. The number of fused-ring (bicyclic) bond motifs is 3. The number of rotatable bonds is 9. The summed E-state index contributed by atoms with van der Waals surface area (Å²) in [6.07, 6.45) is 3.41. The van der Waals surface area contributed by atoms with Gasteiger partial charge in [0.1, 0.15) is 16.6 Å². The van der Waals surface area contributed by atoms with Crippen LogP contribution in [0.5, 0.6) is 0 Å². The third-order valence-corrected chi connectivity index (χ3v) is 10.3. The van der Waals surface area contributed by atoms with Crippen LogP contribution in [0.25, 0.3) is 67.5 Å². The Morgan fingerprint density at radius 1 is 0.356 bits per heavy atom. The van der Waals surface area contributed by atoms with E-state index >= 15 is 0 Å². The fourth-order valence-electron chi connectivity index (χ4n) is 7.40. The standard InChI is InChI=1S/C50H32N6O3/c1-2-9-38(10-3-1)55(40-26-18-35(19-27-40)47-53-43-11-6-30-51-49(43)58-47)39-22-14-33(15-23-39)34-16-24-41(25-17-34)56(46-32-37-8-4-5-13-45(37)57-46)42-28-20-36(21-29-42)48-54-44-12-7-31-52-50(44)59-48/h1-32H. The Balaban J connectivity index is 0.894. The van der Waals surface area contributed by atoms with Gasteiger partial charge in [-0.15, -0.1) is 0 Å². The molecule has 280 valence electrons. The zero-order valence-corrected chi connectivity index (χ0v) is 31.4. The molecule has 6 aromatic carbocycles. The average molecular weight is 765 g/mol. The number of nitrogens with zero attached hydrogens (tertiary/aromatic N) is 6. The summed E-state index contributed by atoms with van der Waals surface area (Å²) in [5.41, 5.74) is 12.2. The van der Waals surface area contributed by atoms with Crippen LogP contribution in [-0.2, 0) is 0 Å². The van der Waals surface area contributed by atoms with Gasteiger partial charge in [0.05, 0.1) is 0 Å². The summed E-state index contributed by atoms with van der Waals surface area (Å²) >= 11 is 0. The second-order valence-electron chi connectivity index (χ2n) is 14.0. The van der Waals surface area contributed by atoms with Crippen molar-refractivity contribution in [3.8, 4) is 34.0 Å². The van der Waals surface area contributed by atoms with Gasteiger partial charge in [-0.2, -0.15) is 0 Å². The summed E-state index contributed by atoms with van der Waals surface area (Å²) in [5, 5.41) is 1.03. The molecule has 0 atom stereocenters. The summed E-state index contributed by atoms with van der Waals surface area (Å²) in [7, 11) is 0. The first-order valence-electron chi connectivity index (χ1n) is 19.2. The number of pyridine rings is 2.